The van der Waals surface area contributed by atoms with Crippen LogP contribution in [0.1, 0.15) is 30.9 Å². The van der Waals surface area contributed by atoms with E-state index in [2.05, 4.69) is 0 Å². The third kappa shape index (κ3) is 3.91. The van der Waals surface area contributed by atoms with Crippen LogP contribution in [0, 0.1) is 6.92 Å². The van der Waals surface area contributed by atoms with Crippen molar-refractivity contribution in [2.75, 3.05) is 7.11 Å². The smallest absolute Gasteiger partial charge is 0.321 e. The number of sulfonamides is 1. The Labute approximate surface area is 165 Å². The number of aliphatic carboxylic acids is 1. The fraction of sp³-hybridized carbons (Fsp3) is 0.381. The lowest BCUT2D eigenvalue weighted by atomic mass is 10.0. The Bertz CT molecular complexity index is 965. The van der Waals surface area contributed by atoms with Gasteiger partial charge in [-0.2, -0.15) is 4.31 Å². The molecule has 150 valence electrons. The highest BCUT2D eigenvalue weighted by Gasteiger charge is 2.56. The van der Waals surface area contributed by atoms with Crippen LogP contribution in [0.5, 0.6) is 5.75 Å². The summed E-state index contributed by atoms with van der Waals surface area (Å²) in [6.45, 7) is 3.30. The summed E-state index contributed by atoms with van der Waals surface area (Å²) in [6.07, 6.45) is 1.67. The molecule has 0 amide bonds. The molecule has 0 saturated heterocycles. The van der Waals surface area contributed by atoms with Crippen molar-refractivity contribution >= 4 is 16.0 Å². The van der Waals surface area contributed by atoms with Gasteiger partial charge in [0.1, 0.15) is 11.8 Å². The SMILES string of the molecule is COc1cccc(CC2(N(C(C)C(=O)O)S(=O)(=O)c3ccc(C)cc3)CC2)c1. The van der Waals surface area contributed by atoms with E-state index < -0.39 is 27.6 Å². The summed E-state index contributed by atoms with van der Waals surface area (Å²) in [5, 5.41) is 9.62. The number of carboxylic acids is 1. The van der Waals surface area contributed by atoms with Crippen molar-refractivity contribution in [1.82, 2.24) is 4.31 Å². The van der Waals surface area contributed by atoms with E-state index in [1.54, 1.807) is 19.2 Å². The maximum atomic E-state index is 13.4. The third-order valence-corrected chi connectivity index (χ3v) is 7.34. The van der Waals surface area contributed by atoms with Crippen LogP contribution in [0.4, 0.5) is 0 Å². The Kier molecular flexibility index (Phi) is 5.50. The fourth-order valence-corrected chi connectivity index (χ4v) is 5.55. The van der Waals surface area contributed by atoms with Crippen molar-refractivity contribution in [3.05, 3.63) is 59.7 Å². The first-order chi connectivity index (χ1) is 13.2. The maximum Gasteiger partial charge on any atom is 0.321 e. The van der Waals surface area contributed by atoms with Gasteiger partial charge < -0.3 is 9.84 Å². The van der Waals surface area contributed by atoms with E-state index in [1.807, 2.05) is 31.2 Å². The van der Waals surface area contributed by atoms with Gasteiger partial charge in [0.2, 0.25) is 10.0 Å². The number of benzene rings is 2. The monoisotopic (exact) mass is 403 g/mol. The van der Waals surface area contributed by atoms with Crippen molar-refractivity contribution in [3.8, 4) is 5.75 Å². The fourth-order valence-electron chi connectivity index (χ4n) is 3.58. The molecule has 1 unspecified atom stereocenters. The Morgan fingerprint density at radius 3 is 2.39 bits per heavy atom. The molecule has 1 aliphatic carbocycles. The molecule has 0 aliphatic heterocycles. The summed E-state index contributed by atoms with van der Waals surface area (Å²) in [6, 6.07) is 12.8. The molecular formula is C21H25NO5S. The predicted octanol–water partition coefficient (Wildman–Crippen LogP) is 3.24. The Morgan fingerprint density at radius 2 is 1.86 bits per heavy atom. The van der Waals surface area contributed by atoms with Gasteiger partial charge >= 0.3 is 5.97 Å². The first-order valence-corrected chi connectivity index (χ1v) is 10.6. The highest BCUT2D eigenvalue weighted by molar-refractivity contribution is 7.89. The highest BCUT2D eigenvalue weighted by Crippen LogP contribution is 2.48. The van der Waals surface area contributed by atoms with Crippen molar-refractivity contribution < 1.29 is 23.1 Å². The topological polar surface area (TPSA) is 83.9 Å². The first-order valence-electron chi connectivity index (χ1n) is 9.16. The molecule has 2 aromatic carbocycles. The minimum Gasteiger partial charge on any atom is -0.497 e. The number of ether oxygens (including phenoxy) is 1. The average molecular weight is 404 g/mol. The lowest BCUT2D eigenvalue weighted by Gasteiger charge is -2.34. The number of hydrogen-bond donors (Lipinski definition) is 1. The van der Waals surface area contributed by atoms with Crippen LogP contribution in [-0.4, -0.2) is 42.5 Å². The van der Waals surface area contributed by atoms with E-state index >= 15 is 0 Å². The number of nitrogens with zero attached hydrogens (tertiary/aromatic N) is 1. The van der Waals surface area contributed by atoms with Crippen LogP contribution < -0.4 is 4.74 Å². The summed E-state index contributed by atoms with van der Waals surface area (Å²) >= 11 is 0. The van der Waals surface area contributed by atoms with E-state index in [0.717, 1.165) is 11.1 Å². The minimum absolute atomic E-state index is 0.114. The molecule has 1 N–H and O–H groups in total. The summed E-state index contributed by atoms with van der Waals surface area (Å²) < 4.78 is 33.3. The van der Waals surface area contributed by atoms with Gasteiger partial charge in [-0.1, -0.05) is 29.8 Å². The number of carbonyl (C=O) groups is 1. The first kappa shape index (κ1) is 20.4. The summed E-state index contributed by atoms with van der Waals surface area (Å²) in [7, 11) is -2.40. The second-order valence-electron chi connectivity index (χ2n) is 7.38. The van der Waals surface area contributed by atoms with Crippen LogP contribution >= 0.6 is 0 Å². The molecule has 28 heavy (non-hydrogen) atoms. The van der Waals surface area contributed by atoms with Crippen LogP contribution in [-0.2, 0) is 21.2 Å². The van der Waals surface area contributed by atoms with E-state index in [4.69, 9.17) is 4.74 Å². The van der Waals surface area contributed by atoms with Crippen LogP contribution in [0.25, 0.3) is 0 Å². The molecule has 1 fully saturated rings. The molecule has 0 bridgehead atoms. The second-order valence-corrected chi connectivity index (χ2v) is 9.20. The van der Waals surface area contributed by atoms with Crippen LogP contribution in [0.15, 0.2) is 53.4 Å². The summed E-state index contributed by atoms with van der Waals surface area (Å²) in [5.74, 6) is -0.472. The van der Waals surface area contributed by atoms with Gasteiger partial charge in [0.25, 0.3) is 0 Å². The molecule has 2 aromatic rings. The summed E-state index contributed by atoms with van der Waals surface area (Å²) in [5.41, 5.74) is 1.11. The molecule has 7 heteroatoms. The van der Waals surface area contributed by atoms with E-state index in [-0.39, 0.29) is 4.90 Å². The molecule has 0 heterocycles. The standard InChI is InChI=1S/C21H25NO5S/c1-15-7-9-19(10-8-15)28(25,26)22(16(2)20(23)24)21(11-12-21)14-17-5-4-6-18(13-17)27-3/h4-10,13,16H,11-12,14H2,1-3H3,(H,23,24). The van der Waals surface area contributed by atoms with Crippen molar-refractivity contribution in [2.45, 2.75) is 49.6 Å². The number of aryl methyl sites for hydroxylation is 1. The summed E-state index contributed by atoms with van der Waals surface area (Å²) in [4.78, 5) is 11.9. The number of hydrogen-bond acceptors (Lipinski definition) is 4. The average Bonchev–Trinajstić information content (AvgIpc) is 3.41. The second kappa shape index (κ2) is 7.56. The molecule has 0 aromatic heterocycles. The molecule has 1 aliphatic rings. The van der Waals surface area contributed by atoms with E-state index in [0.29, 0.717) is 25.0 Å². The zero-order valence-corrected chi connectivity index (χ0v) is 17.1. The predicted molar refractivity (Wildman–Crippen MR) is 106 cm³/mol. The van der Waals surface area contributed by atoms with E-state index in [1.165, 1.54) is 23.4 Å². The Hall–Kier alpha value is -2.38. The van der Waals surface area contributed by atoms with E-state index in [9.17, 15) is 18.3 Å². The van der Waals surface area contributed by atoms with Gasteiger partial charge in [-0.05, 0) is 62.9 Å². The zero-order chi connectivity index (χ0) is 20.5. The molecular weight excluding hydrogens is 378 g/mol. The largest absolute Gasteiger partial charge is 0.497 e. The van der Waals surface area contributed by atoms with Gasteiger partial charge in [0, 0.05) is 5.54 Å². The van der Waals surface area contributed by atoms with Crippen molar-refractivity contribution in [2.24, 2.45) is 0 Å². The van der Waals surface area contributed by atoms with Crippen LogP contribution in [0.2, 0.25) is 0 Å². The van der Waals surface area contributed by atoms with Crippen molar-refractivity contribution in [3.63, 3.8) is 0 Å². The van der Waals surface area contributed by atoms with Gasteiger partial charge in [-0.25, -0.2) is 8.42 Å². The maximum absolute atomic E-state index is 13.4. The third-order valence-electron chi connectivity index (χ3n) is 5.25. The molecule has 0 spiro atoms. The zero-order valence-electron chi connectivity index (χ0n) is 16.3. The molecule has 0 radical (unpaired) electrons. The van der Waals surface area contributed by atoms with Crippen molar-refractivity contribution in [1.29, 1.82) is 0 Å². The van der Waals surface area contributed by atoms with Gasteiger partial charge in [0.15, 0.2) is 0 Å². The van der Waals surface area contributed by atoms with Gasteiger partial charge in [0.05, 0.1) is 12.0 Å². The minimum atomic E-state index is -3.97. The highest BCUT2D eigenvalue weighted by atomic mass is 32.2. The van der Waals surface area contributed by atoms with Crippen LogP contribution in [0.3, 0.4) is 0 Å². The number of rotatable bonds is 8. The lowest BCUT2D eigenvalue weighted by molar-refractivity contribution is -0.141. The lowest BCUT2D eigenvalue weighted by Crippen LogP contribution is -2.51. The normalized spacial score (nSPS) is 16.6. The molecule has 1 saturated carbocycles. The molecule has 3 rings (SSSR count). The Balaban J connectivity index is 2.02. The van der Waals surface area contributed by atoms with Gasteiger partial charge in [-0.15, -0.1) is 0 Å². The van der Waals surface area contributed by atoms with Gasteiger partial charge in [-0.3, -0.25) is 4.79 Å². The molecule has 1 atom stereocenters. The number of carboxylic acid groups (broad SMARTS) is 1. The molecule has 6 nitrogen and oxygen atoms in total. The quantitative estimate of drug-likeness (QED) is 0.731. The number of methoxy groups -OCH3 is 1. The Morgan fingerprint density at radius 1 is 1.21 bits per heavy atom.